The molecule has 2 aromatic rings. The van der Waals surface area contributed by atoms with Crippen molar-refractivity contribution in [2.24, 2.45) is 0 Å². The average molecular weight is 276 g/mol. The number of nitrogens with zero attached hydrogens (tertiary/aromatic N) is 3. The molecule has 0 saturated heterocycles. The van der Waals surface area contributed by atoms with Crippen molar-refractivity contribution in [2.45, 2.75) is 39.8 Å². The van der Waals surface area contributed by atoms with Crippen LogP contribution in [0.25, 0.3) is 0 Å². The van der Waals surface area contributed by atoms with Crippen LogP contribution in [0.3, 0.4) is 0 Å². The summed E-state index contributed by atoms with van der Waals surface area (Å²) in [6, 6.07) is 5.36. The summed E-state index contributed by atoms with van der Waals surface area (Å²) >= 11 is 0. The third-order valence-electron chi connectivity index (χ3n) is 3.29. The summed E-state index contributed by atoms with van der Waals surface area (Å²) in [6.45, 7) is 7.88. The molecule has 0 amide bonds. The minimum atomic E-state index is -0.300. The third-order valence-corrected chi connectivity index (χ3v) is 3.29. The molecule has 0 fully saturated rings. The molecule has 0 aromatic carbocycles. The predicted octanol–water partition coefficient (Wildman–Crippen LogP) is 2.77. The highest BCUT2D eigenvalue weighted by Crippen LogP contribution is 2.09. The molecule has 5 heteroatoms. The SMILES string of the molecule is Cc1cc(C)n(CCCNC(C)c2ccc(F)cn2)n1. The van der Waals surface area contributed by atoms with Crippen molar-refractivity contribution in [2.75, 3.05) is 6.54 Å². The molecular formula is C15H21FN4. The molecule has 2 aromatic heterocycles. The van der Waals surface area contributed by atoms with Crippen molar-refractivity contribution in [1.82, 2.24) is 20.1 Å². The monoisotopic (exact) mass is 276 g/mol. The molecule has 108 valence electrons. The van der Waals surface area contributed by atoms with E-state index in [2.05, 4.69) is 28.4 Å². The molecular weight excluding hydrogens is 255 g/mol. The Balaban J connectivity index is 1.75. The highest BCUT2D eigenvalue weighted by Gasteiger charge is 2.06. The van der Waals surface area contributed by atoms with Crippen LogP contribution < -0.4 is 5.32 Å². The van der Waals surface area contributed by atoms with E-state index in [0.29, 0.717) is 0 Å². The van der Waals surface area contributed by atoms with E-state index in [0.717, 1.165) is 30.9 Å². The highest BCUT2D eigenvalue weighted by atomic mass is 19.1. The number of rotatable bonds is 6. The van der Waals surface area contributed by atoms with E-state index in [9.17, 15) is 4.39 Å². The van der Waals surface area contributed by atoms with Gasteiger partial charge in [-0.05, 0) is 51.9 Å². The zero-order chi connectivity index (χ0) is 14.5. The molecule has 0 saturated carbocycles. The Bertz CT molecular complexity index is 548. The summed E-state index contributed by atoms with van der Waals surface area (Å²) in [6.07, 6.45) is 2.25. The Kier molecular flexibility index (Phi) is 4.84. The zero-order valence-electron chi connectivity index (χ0n) is 12.2. The van der Waals surface area contributed by atoms with Gasteiger partial charge in [0.2, 0.25) is 0 Å². The first-order valence-electron chi connectivity index (χ1n) is 6.92. The summed E-state index contributed by atoms with van der Waals surface area (Å²) in [7, 11) is 0. The van der Waals surface area contributed by atoms with Gasteiger partial charge in [-0.15, -0.1) is 0 Å². The lowest BCUT2D eigenvalue weighted by molar-refractivity contribution is 0.494. The van der Waals surface area contributed by atoms with Gasteiger partial charge in [-0.2, -0.15) is 5.10 Å². The molecule has 1 N–H and O–H groups in total. The van der Waals surface area contributed by atoms with E-state index < -0.39 is 0 Å². The number of hydrogen-bond acceptors (Lipinski definition) is 3. The van der Waals surface area contributed by atoms with Crippen molar-refractivity contribution >= 4 is 0 Å². The topological polar surface area (TPSA) is 42.7 Å². The molecule has 0 aliphatic heterocycles. The van der Waals surface area contributed by atoms with Crippen LogP contribution in [0.2, 0.25) is 0 Å². The number of aryl methyl sites for hydroxylation is 3. The first-order chi connectivity index (χ1) is 9.56. The molecule has 1 atom stereocenters. The first kappa shape index (κ1) is 14.7. The third kappa shape index (κ3) is 3.87. The fraction of sp³-hybridized carbons (Fsp3) is 0.467. The largest absolute Gasteiger partial charge is 0.309 e. The molecule has 0 radical (unpaired) electrons. The number of halogens is 1. The Morgan fingerprint density at radius 1 is 1.35 bits per heavy atom. The number of pyridine rings is 1. The van der Waals surface area contributed by atoms with Gasteiger partial charge in [-0.25, -0.2) is 4.39 Å². The average Bonchev–Trinajstić information content (AvgIpc) is 2.73. The van der Waals surface area contributed by atoms with Crippen LogP contribution in [-0.4, -0.2) is 21.3 Å². The van der Waals surface area contributed by atoms with Gasteiger partial charge in [0.25, 0.3) is 0 Å². The van der Waals surface area contributed by atoms with Crippen molar-refractivity contribution < 1.29 is 4.39 Å². The summed E-state index contributed by atoms with van der Waals surface area (Å²) in [5.74, 6) is -0.300. The number of hydrogen-bond donors (Lipinski definition) is 1. The molecule has 0 aliphatic rings. The van der Waals surface area contributed by atoms with Crippen molar-refractivity contribution in [3.8, 4) is 0 Å². The second kappa shape index (κ2) is 6.61. The van der Waals surface area contributed by atoms with Gasteiger partial charge in [-0.1, -0.05) is 0 Å². The zero-order valence-corrected chi connectivity index (χ0v) is 12.2. The fourth-order valence-corrected chi connectivity index (χ4v) is 2.20. The number of aromatic nitrogens is 3. The fourth-order valence-electron chi connectivity index (χ4n) is 2.20. The molecule has 0 aliphatic carbocycles. The second-order valence-corrected chi connectivity index (χ2v) is 5.08. The van der Waals surface area contributed by atoms with E-state index in [1.165, 1.54) is 18.0 Å². The van der Waals surface area contributed by atoms with Crippen LogP contribution in [0, 0.1) is 19.7 Å². The Morgan fingerprint density at radius 2 is 2.15 bits per heavy atom. The standard InChI is InChI=1S/C15H21FN4/c1-11-9-12(2)20(19-11)8-4-7-17-13(3)15-6-5-14(16)10-18-15/h5-6,9-10,13,17H,4,7-8H2,1-3H3. The van der Waals surface area contributed by atoms with Gasteiger partial charge < -0.3 is 5.32 Å². The normalized spacial score (nSPS) is 12.6. The molecule has 0 bridgehead atoms. The van der Waals surface area contributed by atoms with Crippen LogP contribution >= 0.6 is 0 Å². The van der Waals surface area contributed by atoms with Gasteiger partial charge in [0.1, 0.15) is 5.82 Å². The Hall–Kier alpha value is -1.75. The van der Waals surface area contributed by atoms with Crippen LogP contribution in [0.5, 0.6) is 0 Å². The predicted molar refractivity (Wildman–Crippen MR) is 76.9 cm³/mol. The van der Waals surface area contributed by atoms with E-state index >= 15 is 0 Å². The van der Waals surface area contributed by atoms with Crippen molar-refractivity contribution in [3.63, 3.8) is 0 Å². The van der Waals surface area contributed by atoms with Crippen molar-refractivity contribution in [1.29, 1.82) is 0 Å². The van der Waals surface area contributed by atoms with E-state index in [-0.39, 0.29) is 11.9 Å². The quantitative estimate of drug-likeness (QED) is 0.825. The maximum atomic E-state index is 12.8. The van der Waals surface area contributed by atoms with Crippen LogP contribution in [0.1, 0.15) is 36.5 Å². The minimum absolute atomic E-state index is 0.121. The van der Waals surface area contributed by atoms with E-state index in [4.69, 9.17) is 0 Å². The minimum Gasteiger partial charge on any atom is -0.309 e. The van der Waals surface area contributed by atoms with Gasteiger partial charge >= 0.3 is 0 Å². The van der Waals surface area contributed by atoms with Crippen LogP contribution in [-0.2, 0) is 6.54 Å². The Labute approximate surface area is 119 Å². The summed E-state index contributed by atoms with van der Waals surface area (Å²) in [5.41, 5.74) is 3.10. The summed E-state index contributed by atoms with van der Waals surface area (Å²) in [4.78, 5) is 4.08. The smallest absolute Gasteiger partial charge is 0.141 e. The molecule has 2 heterocycles. The van der Waals surface area contributed by atoms with Gasteiger partial charge in [0, 0.05) is 18.3 Å². The lowest BCUT2D eigenvalue weighted by Crippen LogP contribution is -2.22. The van der Waals surface area contributed by atoms with E-state index in [1.807, 2.05) is 18.5 Å². The summed E-state index contributed by atoms with van der Waals surface area (Å²) < 4.78 is 14.8. The molecule has 20 heavy (non-hydrogen) atoms. The van der Waals surface area contributed by atoms with Crippen LogP contribution in [0.4, 0.5) is 4.39 Å². The number of nitrogens with one attached hydrogen (secondary N) is 1. The molecule has 4 nitrogen and oxygen atoms in total. The lowest BCUT2D eigenvalue weighted by atomic mass is 10.2. The van der Waals surface area contributed by atoms with Gasteiger partial charge in [0.05, 0.1) is 17.6 Å². The second-order valence-electron chi connectivity index (χ2n) is 5.08. The highest BCUT2D eigenvalue weighted by molar-refractivity contribution is 5.09. The van der Waals surface area contributed by atoms with Crippen molar-refractivity contribution in [3.05, 3.63) is 47.3 Å². The van der Waals surface area contributed by atoms with Gasteiger partial charge in [-0.3, -0.25) is 9.67 Å². The van der Waals surface area contributed by atoms with Crippen LogP contribution in [0.15, 0.2) is 24.4 Å². The maximum Gasteiger partial charge on any atom is 0.141 e. The molecule has 0 spiro atoms. The Morgan fingerprint density at radius 3 is 2.75 bits per heavy atom. The molecule has 1 unspecified atom stereocenters. The molecule has 2 rings (SSSR count). The lowest BCUT2D eigenvalue weighted by Gasteiger charge is -2.13. The van der Waals surface area contributed by atoms with Gasteiger partial charge in [0.15, 0.2) is 0 Å². The summed E-state index contributed by atoms with van der Waals surface area (Å²) in [5, 5.41) is 7.82. The first-order valence-corrected chi connectivity index (χ1v) is 6.92. The van der Waals surface area contributed by atoms with E-state index in [1.54, 1.807) is 6.07 Å². The maximum absolute atomic E-state index is 12.8.